The van der Waals surface area contributed by atoms with Crippen molar-refractivity contribution in [1.82, 2.24) is 15.3 Å². The van der Waals surface area contributed by atoms with Crippen molar-refractivity contribution >= 4 is 11.7 Å². The van der Waals surface area contributed by atoms with Crippen LogP contribution in [-0.4, -0.2) is 29.0 Å². The van der Waals surface area contributed by atoms with Gasteiger partial charge in [0, 0.05) is 19.2 Å². The molecule has 0 radical (unpaired) electrons. The lowest BCUT2D eigenvalue weighted by Gasteiger charge is -2.13. The second-order valence-electron chi connectivity index (χ2n) is 7.10. The summed E-state index contributed by atoms with van der Waals surface area (Å²) in [7, 11) is 0. The molecular weight excluding hydrogens is 355 g/mol. The van der Waals surface area contributed by atoms with Crippen LogP contribution in [0.2, 0.25) is 0 Å². The van der Waals surface area contributed by atoms with Gasteiger partial charge in [0.05, 0.1) is 0 Å². The zero-order valence-electron chi connectivity index (χ0n) is 16.3. The Kier molecular flexibility index (Phi) is 7.12. The van der Waals surface area contributed by atoms with E-state index >= 15 is 0 Å². The predicted molar refractivity (Wildman–Crippen MR) is 109 cm³/mol. The fraction of sp³-hybridized carbons (Fsp3) is 0.409. The van der Waals surface area contributed by atoms with Crippen LogP contribution in [0.4, 0.5) is 10.2 Å². The first kappa shape index (κ1) is 20.0. The number of allylic oxidation sites excluding steroid dienone is 1. The molecule has 28 heavy (non-hydrogen) atoms. The Hall–Kier alpha value is -2.76. The van der Waals surface area contributed by atoms with E-state index in [0.29, 0.717) is 30.4 Å². The number of halogens is 1. The number of nitrogens with one attached hydrogen (secondary N) is 2. The third-order valence-corrected chi connectivity index (χ3v) is 4.82. The van der Waals surface area contributed by atoms with E-state index in [-0.39, 0.29) is 11.7 Å². The molecule has 5 nitrogen and oxygen atoms in total. The molecule has 148 valence electrons. The summed E-state index contributed by atoms with van der Waals surface area (Å²) in [5.74, 6) is 0.753. The monoisotopic (exact) mass is 382 g/mol. The smallest absolute Gasteiger partial charge is 0.270 e. The Labute approximate surface area is 165 Å². The van der Waals surface area contributed by atoms with Crippen molar-refractivity contribution in [2.24, 2.45) is 0 Å². The van der Waals surface area contributed by atoms with Crippen molar-refractivity contribution in [2.45, 2.75) is 45.4 Å². The summed E-state index contributed by atoms with van der Waals surface area (Å²) in [5.41, 5.74) is 2.85. The fourth-order valence-corrected chi connectivity index (χ4v) is 3.32. The van der Waals surface area contributed by atoms with Crippen LogP contribution < -0.4 is 10.6 Å². The lowest BCUT2D eigenvalue weighted by molar-refractivity contribution is 0.0948. The summed E-state index contributed by atoms with van der Waals surface area (Å²) in [5, 5.41) is 6.17. The van der Waals surface area contributed by atoms with Crippen molar-refractivity contribution in [3.63, 3.8) is 0 Å². The molecular formula is C22H27FN4O. The summed E-state index contributed by atoms with van der Waals surface area (Å²) in [6.07, 6.45) is 8.75. The van der Waals surface area contributed by atoms with Crippen LogP contribution in [0.5, 0.6) is 0 Å². The third-order valence-electron chi connectivity index (χ3n) is 4.82. The van der Waals surface area contributed by atoms with Gasteiger partial charge in [-0.3, -0.25) is 4.79 Å². The van der Waals surface area contributed by atoms with Gasteiger partial charge >= 0.3 is 0 Å². The van der Waals surface area contributed by atoms with Crippen LogP contribution in [0.25, 0.3) is 0 Å². The first-order chi connectivity index (χ1) is 13.6. The maximum absolute atomic E-state index is 13.0. The zero-order valence-corrected chi connectivity index (χ0v) is 16.3. The van der Waals surface area contributed by atoms with E-state index in [1.54, 1.807) is 25.1 Å². The van der Waals surface area contributed by atoms with Gasteiger partial charge in [0.1, 0.15) is 23.2 Å². The van der Waals surface area contributed by atoms with E-state index in [1.807, 2.05) is 0 Å². The Morgan fingerprint density at radius 2 is 1.93 bits per heavy atom. The first-order valence-electron chi connectivity index (χ1n) is 9.90. The van der Waals surface area contributed by atoms with E-state index < -0.39 is 0 Å². The number of hydrogen-bond donors (Lipinski definition) is 2. The molecule has 1 amide bonds. The third kappa shape index (κ3) is 6.15. The molecule has 1 aliphatic carbocycles. The largest absolute Gasteiger partial charge is 0.370 e. The normalized spacial score (nSPS) is 13.7. The second kappa shape index (κ2) is 9.97. The van der Waals surface area contributed by atoms with Crippen molar-refractivity contribution in [3.05, 3.63) is 64.9 Å². The molecule has 1 heterocycles. The SMILES string of the molecule is Cc1nc(NCCc2ccc(F)cc2)cc(C(=O)NCCC2=CCCCC2)n1. The molecule has 0 aliphatic heterocycles. The standard InChI is InChI=1S/C22H27FN4O/c1-16-26-20(22(28)25-14-12-17-5-3-2-4-6-17)15-21(27-16)24-13-11-18-7-9-19(23)10-8-18/h5,7-10,15H,2-4,6,11-14H2,1H3,(H,25,28)(H,24,26,27). The number of aryl methyl sites for hydroxylation is 1. The fourth-order valence-electron chi connectivity index (χ4n) is 3.32. The van der Waals surface area contributed by atoms with Crippen LogP contribution in [-0.2, 0) is 6.42 Å². The Morgan fingerprint density at radius 3 is 2.68 bits per heavy atom. The summed E-state index contributed by atoms with van der Waals surface area (Å²) < 4.78 is 13.0. The van der Waals surface area contributed by atoms with Crippen LogP contribution >= 0.6 is 0 Å². The quantitative estimate of drug-likeness (QED) is 0.672. The van der Waals surface area contributed by atoms with Gasteiger partial charge in [0.15, 0.2) is 0 Å². The molecule has 1 aromatic carbocycles. The molecule has 3 rings (SSSR count). The molecule has 0 saturated carbocycles. The maximum atomic E-state index is 13.0. The van der Waals surface area contributed by atoms with Gasteiger partial charge in [0.2, 0.25) is 0 Å². The predicted octanol–water partition coefficient (Wildman–Crippen LogP) is 4.20. The summed E-state index contributed by atoms with van der Waals surface area (Å²) in [4.78, 5) is 21.0. The van der Waals surface area contributed by atoms with E-state index in [4.69, 9.17) is 0 Å². The van der Waals surface area contributed by atoms with Gasteiger partial charge in [-0.1, -0.05) is 23.8 Å². The summed E-state index contributed by atoms with van der Waals surface area (Å²) in [6, 6.07) is 8.12. The number of amides is 1. The maximum Gasteiger partial charge on any atom is 0.270 e. The molecule has 0 atom stereocenters. The van der Waals surface area contributed by atoms with Gasteiger partial charge in [-0.05, 0) is 63.1 Å². The van der Waals surface area contributed by atoms with Gasteiger partial charge in [0.25, 0.3) is 5.91 Å². The van der Waals surface area contributed by atoms with E-state index in [1.165, 1.54) is 30.5 Å². The Morgan fingerprint density at radius 1 is 1.11 bits per heavy atom. The summed E-state index contributed by atoms with van der Waals surface area (Å²) >= 11 is 0. The minimum absolute atomic E-state index is 0.177. The van der Waals surface area contributed by atoms with Gasteiger partial charge in [-0.2, -0.15) is 0 Å². The Balaban J connectivity index is 1.50. The van der Waals surface area contributed by atoms with Gasteiger partial charge in [-0.15, -0.1) is 0 Å². The zero-order chi connectivity index (χ0) is 19.8. The molecule has 0 saturated heterocycles. The van der Waals surface area contributed by atoms with Gasteiger partial charge < -0.3 is 10.6 Å². The van der Waals surface area contributed by atoms with Crippen LogP contribution in [0, 0.1) is 12.7 Å². The van der Waals surface area contributed by atoms with E-state index in [9.17, 15) is 9.18 Å². The highest BCUT2D eigenvalue weighted by atomic mass is 19.1. The van der Waals surface area contributed by atoms with E-state index in [0.717, 1.165) is 31.2 Å². The van der Waals surface area contributed by atoms with Crippen molar-refractivity contribution in [1.29, 1.82) is 0 Å². The average molecular weight is 382 g/mol. The number of aromatic nitrogens is 2. The Bertz CT molecular complexity index is 833. The van der Waals surface area contributed by atoms with Crippen molar-refractivity contribution < 1.29 is 9.18 Å². The number of carbonyl (C=O) groups excluding carboxylic acids is 1. The highest BCUT2D eigenvalue weighted by Crippen LogP contribution is 2.19. The molecule has 6 heteroatoms. The number of anilines is 1. The molecule has 2 aromatic rings. The van der Waals surface area contributed by atoms with Gasteiger partial charge in [-0.25, -0.2) is 14.4 Å². The van der Waals surface area contributed by atoms with Crippen molar-refractivity contribution in [2.75, 3.05) is 18.4 Å². The highest BCUT2D eigenvalue weighted by Gasteiger charge is 2.11. The number of hydrogen-bond acceptors (Lipinski definition) is 4. The molecule has 0 fully saturated rings. The number of nitrogens with zero attached hydrogens (tertiary/aromatic N) is 2. The molecule has 0 unspecified atom stereocenters. The van der Waals surface area contributed by atoms with Crippen molar-refractivity contribution in [3.8, 4) is 0 Å². The van der Waals surface area contributed by atoms with Crippen LogP contribution in [0.15, 0.2) is 42.0 Å². The lowest BCUT2D eigenvalue weighted by atomic mass is 9.97. The average Bonchev–Trinajstić information content (AvgIpc) is 2.70. The van der Waals surface area contributed by atoms with Crippen LogP contribution in [0.3, 0.4) is 0 Å². The molecule has 1 aliphatic rings. The number of rotatable bonds is 8. The first-order valence-corrected chi connectivity index (χ1v) is 9.90. The second-order valence-corrected chi connectivity index (χ2v) is 7.10. The lowest BCUT2D eigenvalue weighted by Crippen LogP contribution is -2.26. The number of carbonyl (C=O) groups is 1. The minimum Gasteiger partial charge on any atom is -0.370 e. The topological polar surface area (TPSA) is 66.9 Å². The summed E-state index contributed by atoms with van der Waals surface area (Å²) in [6.45, 7) is 3.03. The minimum atomic E-state index is -0.237. The number of benzene rings is 1. The molecule has 0 bridgehead atoms. The highest BCUT2D eigenvalue weighted by molar-refractivity contribution is 5.92. The molecule has 0 spiro atoms. The molecule has 2 N–H and O–H groups in total. The molecule has 1 aromatic heterocycles. The van der Waals surface area contributed by atoms with Crippen LogP contribution in [0.1, 0.15) is 54.0 Å². The van der Waals surface area contributed by atoms with E-state index in [2.05, 4.69) is 26.7 Å².